The molecule has 0 unspecified atom stereocenters. The Hall–Kier alpha value is -3.52. The number of hydrogen-bond donors (Lipinski definition) is 2. The summed E-state index contributed by atoms with van der Waals surface area (Å²) >= 11 is 0. The number of aromatic nitrogens is 1. The van der Waals surface area contributed by atoms with Crippen LogP contribution < -0.4 is 4.74 Å². The standard InChI is InChI=1S/C26H30N4O4/c1-26-14-20-19-13-18(34-4)8-9-21(19)27-23(20)24(16-6-5-7-17(31)12-16)30(26)22(32)15-29(25(26)33)11-10-28(2)3/h5-9,12-13,24,27,31H,10-11,14-15H2,1-4H3/t24-,26-/m1/s1. The molecular formula is C26H30N4O4. The molecule has 5 rings (SSSR count). The molecular weight excluding hydrogens is 432 g/mol. The number of hydrogen-bond acceptors (Lipinski definition) is 5. The maximum absolute atomic E-state index is 13.9. The van der Waals surface area contributed by atoms with E-state index in [-0.39, 0.29) is 24.1 Å². The first kappa shape index (κ1) is 22.3. The summed E-state index contributed by atoms with van der Waals surface area (Å²) in [6.07, 6.45) is 0.397. The molecule has 0 bridgehead atoms. The van der Waals surface area contributed by atoms with E-state index in [1.165, 1.54) is 0 Å². The predicted octanol–water partition coefficient (Wildman–Crippen LogP) is 2.52. The number of aromatic amines is 1. The lowest BCUT2D eigenvalue weighted by Crippen LogP contribution is -2.70. The molecule has 8 heteroatoms. The van der Waals surface area contributed by atoms with Gasteiger partial charge in [0.15, 0.2) is 0 Å². The number of fused-ring (bicyclic) bond motifs is 4. The molecule has 0 spiro atoms. The van der Waals surface area contributed by atoms with Crippen molar-refractivity contribution in [2.45, 2.75) is 24.9 Å². The van der Waals surface area contributed by atoms with E-state index in [4.69, 9.17) is 4.74 Å². The van der Waals surface area contributed by atoms with Crippen LogP contribution in [-0.2, 0) is 16.0 Å². The highest BCUT2D eigenvalue weighted by atomic mass is 16.5. The quantitative estimate of drug-likeness (QED) is 0.608. The van der Waals surface area contributed by atoms with Gasteiger partial charge in [-0.2, -0.15) is 0 Å². The molecule has 2 aromatic carbocycles. The third-order valence-electron chi connectivity index (χ3n) is 7.08. The average Bonchev–Trinajstić information content (AvgIpc) is 3.16. The number of phenolic OH excluding ortho intramolecular Hbond substituents is 1. The molecule has 0 radical (unpaired) electrons. The lowest BCUT2D eigenvalue weighted by molar-refractivity contribution is -0.167. The van der Waals surface area contributed by atoms with Gasteiger partial charge in [-0.05, 0) is 62.5 Å². The first-order valence-electron chi connectivity index (χ1n) is 11.5. The number of benzene rings is 2. The predicted molar refractivity (Wildman–Crippen MR) is 129 cm³/mol. The smallest absolute Gasteiger partial charge is 0.249 e. The number of amides is 2. The van der Waals surface area contributed by atoms with Crippen LogP contribution in [0.1, 0.15) is 29.8 Å². The zero-order valence-corrected chi connectivity index (χ0v) is 20.0. The maximum Gasteiger partial charge on any atom is 0.249 e. The normalized spacial score (nSPS) is 22.3. The number of H-pyrrole nitrogens is 1. The van der Waals surface area contributed by atoms with Crippen molar-refractivity contribution in [2.75, 3.05) is 40.8 Å². The summed E-state index contributed by atoms with van der Waals surface area (Å²) in [4.78, 5) is 36.5. The van der Waals surface area contributed by atoms with E-state index in [1.54, 1.807) is 35.1 Å². The lowest BCUT2D eigenvalue weighted by Gasteiger charge is -2.53. The largest absolute Gasteiger partial charge is 0.508 e. The van der Waals surface area contributed by atoms with Crippen LogP contribution in [0.3, 0.4) is 0 Å². The molecule has 0 aliphatic carbocycles. The van der Waals surface area contributed by atoms with Crippen molar-refractivity contribution in [2.24, 2.45) is 0 Å². The molecule has 3 aromatic rings. The van der Waals surface area contributed by atoms with Gasteiger partial charge in [-0.1, -0.05) is 12.1 Å². The van der Waals surface area contributed by atoms with Gasteiger partial charge < -0.3 is 29.5 Å². The topological polar surface area (TPSA) is 89.1 Å². The molecule has 2 N–H and O–H groups in total. The second kappa shape index (κ2) is 8.06. The number of nitrogens with one attached hydrogen (secondary N) is 1. The Morgan fingerprint density at radius 1 is 1.21 bits per heavy atom. The Labute approximate surface area is 198 Å². The van der Waals surface area contributed by atoms with Crippen LogP contribution in [0.2, 0.25) is 0 Å². The number of aromatic hydroxyl groups is 1. The summed E-state index contributed by atoms with van der Waals surface area (Å²) in [5.74, 6) is 0.694. The van der Waals surface area contributed by atoms with Crippen LogP contribution in [0.25, 0.3) is 10.9 Å². The number of carbonyl (C=O) groups is 2. The van der Waals surface area contributed by atoms with E-state index in [1.807, 2.05) is 50.2 Å². The summed E-state index contributed by atoms with van der Waals surface area (Å²) in [6.45, 7) is 3.08. The summed E-state index contributed by atoms with van der Waals surface area (Å²) in [5, 5.41) is 11.2. The van der Waals surface area contributed by atoms with Crippen LogP contribution in [0, 0.1) is 0 Å². The van der Waals surface area contributed by atoms with Gasteiger partial charge in [0.1, 0.15) is 17.0 Å². The SMILES string of the molecule is COc1ccc2[nH]c3c(c2c1)C[C@]1(C)C(=O)N(CCN(C)C)CC(=O)N1[C@@H]3c1cccc(O)c1. The zero-order valence-electron chi connectivity index (χ0n) is 20.0. The van der Waals surface area contributed by atoms with E-state index < -0.39 is 11.6 Å². The van der Waals surface area contributed by atoms with E-state index in [0.717, 1.165) is 33.5 Å². The molecule has 1 fully saturated rings. The Balaban J connectivity index is 1.70. The van der Waals surface area contributed by atoms with Gasteiger partial charge in [-0.15, -0.1) is 0 Å². The number of phenols is 1. The number of likely N-dealkylation sites (N-methyl/N-ethyl adjacent to an activating group) is 1. The van der Waals surface area contributed by atoms with Crippen molar-refractivity contribution in [1.82, 2.24) is 19.7 Å². The van der Waals surface area contributed by atoms with Gasteiger partial charge in [0.25, 0.3) is 0 Å². The molecule has 3 heterocycles. The Morgan fingerprint density at radius 3 is 2.71 bits per heavy atom. The van der Waals surface area contributed by atoms with Gasteiger partial charge in [0, 0.05) is 36.1 Å². The molecule has 1 aromatic heterocycles. The molecule has 1 saturated heterocycles. The van der Waals surface area contributed by atoms with Crippen molar-refractivity contribution in [3.63, 3.8) is 0 Å². The number of carbonyl (C=O) groups excluding carboxylic acids is 2. The van der Waals surface area contributed by atoms with E-state index >= 15 is 0 Å². The van der Waals surface area contributed by atoms with Crippen molar-refractivity contribution < 1.29 is 19.4 Å². The van der Waals surface area contributed by atoms with Crippen LogP contribution in [0.15, 0.2) is 42.5 Å². The molecule has 2 atom stereocenters. The molecule has 178 valence electrons. The van der Waals surface area contributed by atoms with E-state index in [2.05, 4.69) is 4.98 Å². The average molecular weight is 463 g/mol. The van der Waals surface area contributed by atoms with Gasteiger partial charge >= 0.3 is 0 Å². The first-order valence-corrected chi connectivity index (χ1v) is 11.5. The minimum Gasteiger partial charge on any atom is -0.508 e. The highest BCUT2D eigenvalue weighted by Crippen LogP contribution is 2.47. The number of piperazine rings is 1. The minimum atomic E-state index is -1.05. The van der Waals surface area contributed by atoms with E-state index in [9.17, 15) is 14.7 Å². The lowest BCUT2D eigenvalue weighted by atomic mass is 9.78. The molecule has 2 aliphatic rings. The first-order chi connectivity index (χ1) is 16.2. The molecule has 8 nitrogen and oxygen atoms in total. The summed E-state index contributed by atoms with van der Waals surface area (Å²) in [6, 6.07) is 12.2. The minimum absolute atomic E-state index is 0.0426. The molecule has 2 amide bonds. The Morgan fingerprint density at radius 2 is 2.00 bits per heavy atom. The number of methoxy groups -OCH3 is 1. The van der Waals surface area contributed by atoms with Gasteiger partial charge in [0.2, 0.25) is 11.8 Å². The van der Waals surface area contributed by atoms with Gasteiger partial charge in [-0.25, -0.2) is 0 Å². The number of rotatable bonds is 5. The van der Waals surface area contributed by atoms with Crippen LogP contribution >= 0.6 is 0 Å². The maximum atomic E-state index is 13.9. The Kier molecular flexibility index (Phi) is 5.28. The number of ether oxygens (including phenoxy) is 1. The summed E-state index contributed by atoms with van der Waals surface area (Å²) in [7, 11) is 5.54. The fourth-order valence-electron chi connectivity index (χ4n) is 5.40. The molecule has 34 heavy (non-hydrogen) atoms. The zero-order chi connectivity index (χ0) is 24.2. The molecule has 2 aliphatic heterocycles. The van der Waals surface area contributed by atoms with Crippen molar-refractivity contribution >= 4 is 22.7 Å². The monoisotopic (exact) mass is 462 g/mol. The van der Waals surface area contributed by atoms with Gasteiger partial charge in [0.05, 0.1) is 19.7 Å². The van der Waals surface area contributed by atoms with E-state index in [0.29, 0.717) is 19.5 Å². The summed E-state index contributed by atoms with van der Waals surface area (Å²) < 4.78 is 5.46. The van der Waals surface area contributed by atoms with Crippen LogP contribution in [-0.4, -0.2) is 83.0 Å². The van der Waals surface area contributed by atoms with Crippen molar-refractivity contribution in [3.8, 4) is 11.5 Å². The van der Waals surface area contributed by atoms with Crippen molar-refractivity contribution in [1.29, 1.82) is 0 Å². The second-order valence-electron chi connectivity index (χ2n) is 9.67. The van der Waals surface area contributed by atoms with Crippen LogP contribution in [0.4, 0.5) is 0 Å². The number of nitrogens with zero attached hydrogens (tertiary/aromatic N) is 3. The second-order valence-corrected chi connectivity index (χ2v) is 9.67. The fraction of sp³-hybridized carbons (Fsp3) is 0.385. The highest BCUT2D eigenvalue weighted by molar-refractivity contribution is 6.00. The third kappa shape index (κ3) is 3.40. The van der Waals surface area contributed by atoms with Crippen LogP contribution in [0.5, 0.6) is 11.5 Å². The fourth-order valence-corrected chi connectivity index (χ4v) is 5.40. The summed E-state index contributed by atoms with van der Waals surface area (Å²) in [5.41, 5.74) is 2.49. The molecule has 0 saturated carbocycles. The highest BCUT2D eigenvalue weighted by Gasteiger charge is 2.55. The van der Waals surface area contributed by atoms with Crippen molar-refractivity contribution in [3.05, 3.63) is 59.3 Å². The third-order valence-corrected chi connectivity index (χ3v) is 7.08. The van der Waals surface area contributed by atoms with Gasteiger partial charge in [-0.3, -0.25) is 9.59 Å². The Bertz CT molecular complexity index is 1280.